The zero-order chi connectivity index (χ0) is 11.0. The van der Waals surface area contributed by atoms with Crippen molar-refractivity contribution < 1.29 is 0 Å². The molecule has 1 heteroatoms. The molecule has 0 radical (unpaired) electrons. The average molecular weight is 215 g/mol. The van der Waals surface area contributed by atoms with E-state index in [1.165, 1.54) is 37.7 Å². The van der Waals surface area contributed by atoms with Gasteiger partial charge >= 0.3 is 0 Å². The fourth-order valence-electron chi connectivity index (χ4n) is 3.48. The molecule has 3 atom stereocenters. The van der Waals surface area contributed by atoms with E-state index in [0.717, 1.165) is 6.04 Å². The van der Waals surface area contributed by atoms with Crippen molar-refractivity contribution in [3.05, 3.63) is 35.9 Å². The molecule has 86 valence electrons. The lowest BCUT2D eigenvalue weighted by Gasteiger charge is -2.22. The predicted octanol–water partition coefficient (Wildman–Crippen LogP) is 3.46. The van der Waals surface area contributed by atoms with Crippen molar-refractivity contribution in [2.75, 3.05) is 0 Å². The first-order valence-corrected chi connectivity index (χ1v) is 6.65. The number of benzene rings is 1. The van der Waals surface area contributed by atoms with Gasteiger partial charge in [-0.1, -0.05) is 56.5 Å². The lowest BCUT2D eigenvalue weighted by molar-refractivity contribution is 0.466. The molecule has 1 aromatic carbocycles. The van der Waals surface area contributed by atoms with Crippen molar-refractivity contribution in [1.82, 2.24) is 5.32 Å². The van der Waals surface area contributed by atoms with Gasteiger partial charge in [0.05, 0.1) is 0 Å². The molecule has 0 aromatic heterocycles. The monoisotopic (exact) mass is 215 g/mol. The molecule has 1 aliphatic carbocycles. The molecule has 3 unspecified atom stereocenters. The molecule has 1 saturated heterocycles. The van der Waals surface area contributed by atoms with Crippen LogP contribution >= 0.6 is 0 Å². The second-order valence-electron chi connectivity index (χ2n) is 5.47. The van der Waals surface area contributed by atoms with Gasteiger partial charge in [0.1, 0.15) is 0 Å². The molecular formula is C15H21N. The molecule has 1 aromatic rings. The van der Waals surface area contributed by atoms with Gasteiger partial charge in [0.2, 0.25) is 0 Å². The number of rotatable bonds is 2. The third kappa shape index (κ3) is 1.58. The number of fused-ring (bicyclic) bond motifs is 1. The largest absolute Gasteiger partial charge is 0.305 e. The van der Waals surface area contributed by atoms with E-state index in [2.05, 4.69) is 42.6 Å². The van der Waals surface area contributed by atoms with Crippen LogP contribution in [0.3, 0.4) is 0 Å². The summed E-state index contributed by atoms with van der Waals surface area (Å²) in [4.78, 5) is 0. The van der Waals surface area contributed by atoms with E-state index in [9.17, 15) is 0 Å². The molecule has 1 N–H and O–H groups in total. The summed E-state index contributed by atoms with van der Waals surface area (Å²) in [5.74, 6) is 0.664. The molecule has 1 nitrogen and oxygen atoms in total. The summed E-state index contributed by atoms with van der Waals surface area (Å²) in [5.41, 5.74) is 1.94. The molecule has 3 rings (SSSR count). The van der Waals surface area contributed by atoms with E-state index in [0.29, 0.717) is 11.5 Å². The average Bonchev–Trinajstić information content (AvgIpc) is 3.04. The SMILES string of the molecule is CC(c1ccccc1)C12CCCCCC1N2. The molecule has 0 amide bonds. The van der Waals surface area contributed by atoms with E-state index in [1.807, 2.05) is 0 Å². The highest BCUT2D eigenvalue weighted by Gasteiger charge is 2.56. The van der Waals surface area contributed by atoms with Crippen molar-refractivity contribution in [3.63, 3.8) is 0 Å². The second kappa shape index (κ2) is 3.89. The Morgan fingerprint density at radius 2 is 2.00 bits per heavy atom. The molecule has 1 saturated carbocycles. The minimum Gasteiger partial charge on any atom is -0.305 e. The quantitative estimate of drug-likeness (QED) is 0.750. The van der Waals surface area contributed by atoms with E-state index in [1.54, 1.807) is 0 Å². The maximum absolute atomic E-state index is 3.78. The zero-order valence-electron chi connectivity index (χ0n) is 10.1. The first-order valence-electron chi connectivity index (χ1n) is 6.65. The first-order chi connectivity index (χ1) is 7.83. The van der Waals surface area contributed by atoms with Crippen molar-refractivity contribution in [1.29, 1.82) is 0 Å². The van der Waals surface area contributed by atoms with Crippen LogP contribution in [0, 0.1) is 0 Å². The van der Waals surface area contributed by atoms with Gasteiger partial charge in [-0.3, -0.25) is 0 Å². The highest BCUT2D eigenvalue weighted by Crippen LogP contribution is 2.48. The minimum atomic E-state index is 0.442. The van der Waals surface area contributed by atoms with Crippen molar-refractivity contribution in [2.24, 2.45) is 0 Å². The first kappa shape index (κ1) is 10.3. The highest BCUT2D eigenvalue weighted by molar-refractivity contribution is 5.30. The van der Waals surface area contributed by atoms with Crippen molar-refractivity contribution in [2.45, 2.75) is 56.5 Å². The fourth-order valence-corrected chi connectivity index (χ4v) is 3.48. The van der Waals surface area contributed by atoms with Crippen LogP contribution in [0.2, 0.25) is 0 Å². The summed E-state index contributed by atoms with van der Waals surface area (Å²) in [5, 5.41) is 3.78. The van der Waals surface area contributed by atoms with Gasteiger partial charge in [-0.05, 0) is 18.4 Å². The molecular weight excluding hydrogens is 194 g/mol. The smallest absolute Gasteiger partial charge is 0.0404 e. The summed E-state index contributed by atoms with van der Waals surface area (Å²) in [7, 11) is 0. The summed E-state index contributed by atoms with van der Waals surface area (Å²) in [6, 6.07) is 11.8. The van der Waals surface area contributed by atoms with E-state index in [4.69, 9.17) is 0 Å². The Kier molecular flexibility index (Phi) is 2.51. The molecule has 2 aliphatic rings. The van der Waals surface area contributed by atoms with Crippen LogP contribution in [0.15, 0.2) is 30.3 Å². The van der Waals surface area contributed by atoms with Crippen LogP contribution in [-0.4, -0.2) is 11.6 Å². The summed E-state index contributed by atoms with van der Waals surface area (Å²) in [6.07, 6.45) is 7.01. The molecule has 1 aliphatic heterocycles. The Labute approximate surface area is 98.3 Å². The Morgan fingerprint density at radius 1 is 1.19 bits per heavy atom. The standard InChI is InChI=1S/C15H21N/c1-12(13-8-4-2-5-9-13)15-11-7-3-6-10-14(15)16-15/h2,4-5,8-9,12,14,16H,3,6-7,10-11H2,1H3. The van der Waals surface area contributed by atoms with Crippen molar-refractivity contribution in [3.8, 4) is 0 Å². The molecule has 16 heavy (non-hydrogen) atoms. The Balaban J connectivity index is 1.82. The minimum absolute atomic E-state index is 0.442. The van der Waals surface area contributed by atoms with Crippen molar-refractivity contribution >= 4 is 0 Å². The van der Waals surface area contributed by atoms with Crippen LogP contribution in [0.5, 0.6) is 0 Å². The maximum atomic E-state index is 3.78. The Morgan fingerprint density at radius 3 is 2.81 bits per heavy atom. The Bertz CT molecular complexity index is 359. The topological polar surface area (TPSA) is 21.9 Å². The van der Waals surface area contributed by atoms with Gasteiger partial charge in [-0.2, -0.15) is 0 Å². The number of hydrogen-bond acceptors (Lipinski definition) is 1. The van der Waals surface area contributed by atoms with E-state index < -0.39 is 0 Å². The molecule has 0 bridgehead atoms. The van der Waals surface area contributed by atoms with Gasteiger partial charge in [-0.15, -0.1) is 0 Å². The van der Waals surface area contributed by atoms with Gasteiger partial charge < -0.3 is 5.32 Å². The molecule has 2 fully saturated rings. The summed E-state index contributed by atoms with van der Waals surface area (Å²) in [6.45, 7) is 2.40. The lowest BCUT2D eigenvalue weighted by atomic mass is 9.82. The van der Waals surface area contributed by atoms with E-state index in [-0.39, 0.29) is 0 Å². The van der Waals surface area contributed by atoms with Crippen LogP contribution in [-0.2, 0) is 0 Å². The fraction of sp³-hybridized carbons (Fsp3) is 0.600. The Hall–Kier alpha value is -0.820. The lowest BCUT2D eigenvalue weighted by Crippen LogP contribution is -2.24. The maximum Gasteiger partial charge on any atom is 0.0404 e. The van der Waals surface area contributed by atoms with Crippen LogP contribution in [0.25, 0.3) is 0 Å². The van der Waals surface area contributed by atoms with Gasteiger partial charge in [0.25, 0.3) is 0 Å². The normalized spacial score (nSPS) is 34.9. The van der Waals surface area contributed by atoms with Crippen LogP contribution < -0.4 is 5.32 Å². The second-order valence-corrected chi connectivity index (χ2v) is 5.47. The van der Waals surface area contributed by atoms with Gasteiger partial charge in [-0.25, -0.2) is 0 Å². The summed E-state index contributed by atoms with van der Waals surface area (Å²) < 4.78 is 0. The zero-order valence-corrected chi connectivity index (χ0v) is 10.1. The summed E-state index contributed by atoms with van der Waals surface area (Å²) >= 11 is 0. The van der Waals surface area contributed by atoms with Gasteiger partial charge in [0.15, 0.2) is 0 Å². The van der Waals surface area contributed by atoms with Crippen LogP contribution in [0.4, 0.5) is 0 Å². The highest BCUT2D eigenvalue weighted by atomic mass is 15.2. The predicted molar refractivity (Wildman–Crippen MR) is 67.6 cm³/mol. The van der Waals surface area contributed by atoms with E-state index >= 15 is 0 Å². The number of nitrogens with one attached hydrogen (secondary N) is 1. The number of hydrogen-bond donors (Lipinski definition) is 1. The van der Waals surface area contributed by atoms with Crippen LogP contribution in [0.1, 0.15) is 50.5 Å². The third-order valence-electron chi connectivity index (χ3n) is 4.64. The molecule has 1 heterocycles. The third-order valence-corrected chi connectivity index (χ3v) is 4.64. The molecule has 0 spiro atoms. The van der Waals surface area contributed by atoms with Gasteiger partial charge in [0, 0.05) is 17.5 Å².